The van der Waals surface area contributed by atoms with Gasteiger partial charge in [0.05, 0.1) is 18.0 Å². The van der Waals surface area contributed by atoms with E-state index in [0.717, 1.165) is 43.1 Å². The highest BCUT2D eigenvalue weighted by atomic mass is 16.5. The van der Waals surface area contributed by atoms with E-state index in [4.69, 9.17) is 10.5 Å². The summed E-state index contributed by atoms with van der Waals surface area (Å²) in [6.07, 6.45) is 2.15. The average molecular weight is 249 g/mol. The van der Waals surface area contributed by atoms with Crippen LogP contribution in [0.3, 0.4) is 0 Å². The van der Waals surface area contributed by atoms with Gasteiger partial charge in [-0.1, -0.05) is 13.0 Å². The van der Waals surface area contributed by atoms with Crippen LogP contribution in [-0.2, 0) is 0 Å². The first-order valence-corrected chi connectivity index (χ1v) is 6.67. The van der Waals surface area contributed by atoms with Crippen molar-refractivity contribution >= 4 is 11.4 Å². The SMILES string of the molecule is CCCOc1cccc(NC2CCN(C)C2)c1N. The fourth-order valence-corrected chi connectivity index (χ4v) is 2.28. The molecule has 18 heavy (non-hydrogen) atoms. The quantitative estimate of drug-likeness (QED) is 0.785. The lowest BCUT2D eigenvalue weighted by Crippen LogP contribution is -2.24. The molecule has 1 heterocycles. The number of nitrogens with one attached hydrogen (secondary N) is 1. The number of likely N-dealkylation sites (N-methyl/N-ethyl adjacent to an activating group) is 1. The summed E-state index contributed by atoms with van der Waals surface area (Å²) in [4.78, 5) is 2.32. The van der Waals surface area contributed by atoms with Gasteiger partial charge in [-0.25, -0.2) is 0 Å². The number of rotatable bonds is 5. The van der Waals surface area contributed by atoms with Crippen LogP contribution in [0.5, 0.6) is 5.75 Å². The third kappa shape index (κ3) is 3.07. The van der Waals surface area contributed by atoms with E-state index in [1.165, 1.54) is 0 Å². The lowest BCUT2D eigenvalue weighted by Gasteiger charge is -2.17. The molecule has 4 heteroatoms. The fraction of sp³-hybridized carbons (Fsp3) is 0.571. The molecular formula is C14H23N3O. The Labute approximate surface area is 109 Å². The zero-order valence-electron chi connectivity index (χ0n) is 11.3. The summed E-state index contributed by atoms with van der Waals surface area (Å²) in [5, 5.41) is 3.51. The van der Waals surface area contributed by atoms with Crippen LogP contribution in [0.2, 0.25) is 0 Å². The molecule has 0 aromatic heterocycles. The summed E-state index contributed by atoms with van der Waals surface area (Å²) >= 11 is 0. The van der Waals surface area contributed by atoms with Crippen LogP contribution in [0.25, 0.3) is 0 Å². The van der Waals surface area contributed by atoms with Crippen molar-refractivity contribution in [1.29, 1.82) is 0 Å². The molecule has 1 unspecified atom stereocenters. The third-order valence-electron chi connectivity index (χ3n) is 3.28. The summed E-state index contributed by atoms with van der Waals surface area (Å²) in [7, 11) is 2.14. The van der Waals surface area contributed by atoms with Crippen molar-refractivity contribution in [3.8, 4) is 5.75 Å². The van der Waals surface area contributed by atoms with Crippen molar-refractivity contribution < 1.29 is 4.74 Å². The van der Waals surface area contributed by atoms with E-state index in [1.54, 1.807) is 0 Å². The van der Waals surface area contributed by atoms with Crippen molar-refractivity contribution in [2.24, 2.45) is 0 Å². The monoisotopic (exact) mass is 249 g/mol. The first-order chi connectivity index (χ1) is 8.70. The molecule has 4 nitrogen and oxygen atoms in total. The van der Waals surface area contributed by atoms with E-state index in [-0.39, 0.29) is 0 Å². The summed E-state index contributed by atoms with van der Waals surface area (Å²) in [5.41, 5.74) is 7.85. The number of likely N-dealkylation sites (tertiary alicyclic amines) is 1. The molecule has 100 valence electrons. The van der Waals surface area contributed by atoms with E-state index in [1.807, 2.05) is 18.2 Å². The topological polar surface area (TPSA) is 50.5 Å². The minimum atomic E-state index is 0.485. The number of benzene rings is 1. The molecule has 0 aliphatic carbocycles. The van der Waals surface area contributed by atoms with E-state index >= 15 is 0 Å². The number of para-hydroxylation sites is 1. The highest BCUT2D eigenvalue weighted by Crippen LogP contribution is 2.30. The smallest absolute Gasteiger partial charge is 0.144 e. The summed E-state index contributed by atoms with van der Waals surface area (Å²) in [5.74, 6) is 0.785. The molecule has 1 fully saturated rings. The summed E-state index contributed by atoms with van der Waals surface area (Å²) in [6.45, 7) is 5.01. The van der Waals surface area contributed by atoms with Crippen LogP contribution in [0.4, 0.5) is 11.4 Å². The van der Waals surface area contributed by atoms with Crippen LogP contribution >= 0.6 is 0 Å². The van der Waals surface area contributed by atoms with Crippen molar-refractivity contribution in [3.05, 3.63) is 18.2 Å². The maximum Gasteiger partial charge on any atom is 0.144 e. The molecule has 1 aliphatic heterocycles. The van der Waals surface area contributed by atoms with E-state index in [9.17, 15) is 0 Å². The molecule has 1 aromatic rings. The Morgan fingerprint density at radius 3 is 3.00 bits per heavy atom. The Morgan fingerprint density at radius 1 is 1.50 bits per heavy atom. The fourth-order valence-electron chi connectivity index (χ4n) is 2.28. The molecule has 2 rings (SSSR count). The average Bonchev–Trinajstić information content (AvgIpc) is 2.76. The second kappa shape index (κ2) is 5.96. The van der Waals surface area contributed by atoms with E-state index < -0.39 is 0 Å². The normalized spacial score (nSPS) is 20.0. The second-order valence-corrected chi connectivity index (χ2v) is 4.96. The molecule has 0 bridgehead atoms. The molecule has 3 N–H and O–H groups in total. The van der Waals surface area contributed by atoms with Gasteiger partial charge in [0.2, 0.25) is 0 Å². The number of hydrogen-bond donors (Lipinski definition) is 2. The zero-order valence-corrected chi connectivity index (χ0v) is 11.3. The zero-order chi connectivity index (χ0) is 13.0. The Morgan fingerprint density at radius 2 is 2.33 bits per heavy atom. The number of nitrogens with zero attached hydrogens (tertiary/aromatic N) is 1. The van der Waals surface area contributed by atoms with Gasteiger partial charge in [0.15, 0.2) is 0 Å². The molecule has 1 aliphatic rings. The predicted molar refractivity (Wildman–Crippen MR) is 76.2 cm³/mol. The highest BCUT2D eigenvalue weighted by molar-refractivity contribution is 5.73. The van der Waals surface area contributed by atoms with Gasteiger partial charge in [-0.05, 0) is 38.6 Å². The van der Waals surface area contributed by atoms with Gasteiger partial charge in [-0.15, -0.1) is 0 Å². The van der Waals surface area contributed by atoms with Crippen LogP contribution in [-0.4, -0.2) is 37.7 Å². The Kier molecular flexibility index (Phi) is 4.31. The number of nitrogen functional groups attached to an aromatic ring is 1. The number of nitrogens with two attached hydrogens (primary N) is 1. The molecule has 0 radical (unpaired) electrons. The molecule has 1 atom stereocenters. The molecule has 0 amide bonds. The summed E-state index contributed by atoms with van der Waals surface area (Å²) in [6, 6.07) is 6.42. The van der Waals surface area contributed by atoms with Crippen LogP contribution in [0.1, 0.15) is 19.8 Å². The standard InChI is InChI=1S/C14H23N3O/c1-3-9-18-13-6-4-5-12(14(13)15)16-11-7-8-17(2)10-11/h4-6,11,16H,3,7-10,15H2,1-2H3. The Bertz CT molecular complexity index is 395. The second-order valence-electron chi connectivity index (χ2n) is 4.96. The summed E-state index contributed by atoms with van der Waals surface area (Å²) < 4.78 is 5.64. The minimum Gasteiger partial charge on any atom is -0.491 e. The Hall–Kier alpha value is -1.42. The van der Waals surface area contributed by atoms with Gasteiger partial charge in [0.25, 0.3) is 0 Å². The Balaban J connectivity index is 2.03. The first-order valence-electron chi connectivity index (χ1n) is 6.67. The van der Waals surface area contributed by atoms with Gasteiger partial charge < -0.3 is 20.7 Å². The molecule has 1 saturated heterocycles. The molecular weight excluding hydrogens is 226 g/mol. The molecule has 0 spiro atoms. The lowest BCUT2D eigenvalue weighted by molar-refractivity contribution is 0.319. The first kappa shape index (κ1) is 13.0. The van der Waals surface area contributed by atoms with Crippen molar-refractivity contribution in [2.75, 3.05) is 37.8 Å². The maximum absolute atomic E-state index is 6.14. The number of anilines is 2. The third-order valence-corrected chi connectivity index (χ3v) is 3.28. The maximum atomic E-state index is 6.14. The van der Waals surface area contributed by atoms with Crippen molar-refractivity contribution in [1.82, 2.24) is 4.90 Å². The highest BCUT2D eigenvalue weighted by Gasteiger charge is 2.20. The van der Waals surface area contributed by atoms with Crippen LogP contribution in [0.15, 0.2) is 18.2 Å². The lowest BCUT2D eigenvalue weighted by atomic mass is 10.2. The van der Waals surface area contributed by atoms with Gasteiger partial charge in [-0.2, -0.15) is 0 Å². The van der Waals surface area contributed by atoms with Gasteiger partial charge in [0, 0.05) is 12.6 Å². The number of hydrogen-bond acceptors (Lipinski definition) is 4. The van der Waals surface area contributed by atoms with Crippen molar-refractivity contribution in [3.63, 3.8) is 0 Å². The van der Waals surface area contributed by atoms with E-state index in [0.29, 0.717) is 12.6 Å². The van der Waals surface area contributed by atoms with Gasteiger partial charge in [0.1, 0.15) is 5.75 Å². The van der Waals surface area contributed by atoms with E-state index in [2.05, 4.69) is 24.2 Å². The number of ether oxygens (including phenoxy) is 1. The van der Waals surface area contributed by atoms with Gasteiger partial charge in [-0.3, -0.25) is 0 Å². The minimum absolute atomic E-state index is 0.485. The van der Waals surface area contributed by atoms with Crippen LogP contribution < -0.4 is 15.8 Å². The molecule has 1 aromatic carbocycles. The largest absolute Gasteiger partial charge is 0.491 e. The predicted octanol–water partition coefficient (Wildman–Crippen LogP) is 2.17. The van der Waals surface area contributed by atoms with Gasteiger partial charge >= 0.3 is 0 Å². The van der Waals surface area contributed by atoms with Crippen molar-refractivity contribution in [2.45, 2.75) is 25.8 Å². The molecule has 0 saturated carbocycles. The van der Waals surface area contributed by atoms with Crippen LogP contribution in [0, 0.1) is 0 Å².